The third kappa shape index (κ3) is 4.51. The number of carbonyl (C=O) groups excluding carboxylic acids is 2. The van der Waals surface area contributed by atoms with Crippen LogP contribution in [0.1, 0.15) is 26.3 Å². The van der Waals surface area contributed by atoms with Crippen molar-refractivity contribution in [1.29, 1.82) is 0 Å². The van der Waals surface area contributed by atoms with Crippen molar-refractivity contribution in [2.45, 2.75) is 37.8 Å². The Bertz CT molecular complexity index is 1080. The molecular formula is C21H23N3O5S. The van der Waals surface area contributed by atoms with Gasteiger partial charge in [0, 0.05) is 17.3 Å². The Kier molecular flexibility index (Phi) is 6.21. The zero-order valence-corrected chi connectivity index (χ0v) is 17.7. The van der Waals surface area contributed by atoms with E-state index in [2.05, 4.69) is 9.71 Å². The molecule has 0 saturated carbocycles. The predicted octanol–water partition coefficient (Wildman–Crippen LogP) is 2.10. The van der Waals surface area contributed by atoms with Crippen molar-refractivity contribution < 1.29 is 22.7 Å². The number of amidine groups is 1. The summed E-state index contributed by atoms with van der Waals surface area (Å²) in [6, 6.07) is 14.3. The van der Waals surface area contributed by atoms with Gasteiger partial charge in [0.05, 0.1) is 4.90 Å². The molecule has 3 rings (SSSR count). The van der Waals surface area contributed by atoms with Crippen LogP contribution in [0.4, 0.5) is 5.69 Å². The molecule has 0 aliphatic carbocycles. The monoisotopic (exact) mass is 429 g/mol. The van der Waals surface area contributed by atoms with Gasteiger partial charge in [-0.15, -0.1) is 0 Å². The molecule has 0 bridgehead atoms. The molecule has 2 aromatic carbocycles. The van der Waals surface area contributed by atoms with E-state index in [0.29, 0.717) is 11.3 Å². The molecule has 0 unspecified atom stereocenters. The van der Waals surface area contributed by atoms with E-state index in [4.69, 9.17) is 4.74 Å². The van der Waals surface area contributed by atoms with Crippen LogP contribution in [-0.2, 0) is 24.3 Å². The molecule has 0 fully saturated rings. The van der Waals surface area contributed by atoms with Gasteiger partial charge in [-0.05, 0) is 45.0 Å². The molecule has 1 amide bonds. The van der Waals surface area contributed by atoms with Gasteiger partial charge < -0.3 is 9.64 Å². The number of nitrogens with one attached hydrogen (secondary N) is 1. The number of hydrogen-bond donors (Lipinski definition) is 1. The molecule has 30 heavy (non-hydrogen) atoms. The van der Waals surface area contributed by atoms with Crippen LogP contribution in [-0.4, -0.2) is 44.8 Å². The van der Waals surface area contributed by atoms with E-state index >= 15 is 0 Å². The quantitative estimate of drug-likeness (QED) is 0.708. The van der Waals surface area contributed by atoms with Crippen LogP contribution in [0.3, 0.4) is 0 Å². The first kappa shape index (κ1) is 21.5. The fourth-order valence-electron chi connectivity index (χ4n) is 3.12. The van der Waals surface area contributed by atoms with Crippen LogP contribution in [0.15, 0.2) is 64.5 Å². The number of fused-ring (bicyclic) bond motifs is 1. The largest absolute Gasteiger partial charge is 0.454 e. The lowest BCUT2D eigenvalue weighted by Gasteiger charge is -2.26. The molecule has 1 aliphatic rings. The average molecular weight is 429 g/mol. The van der Waals surface area contributed by atoms with Gasteiger partial charge in [0.2, 0.25) is 0 Å². The van der Waals surface area contributed by atoms with Crippen molar-refractivity contribution in [1.82, 2.24) is 4.72 Å². The minimum Gasteiger partial charge on any atom is -0.454 e. The summed E-state index contributed by atoms with van der Waals surface area (Å²) in [4.78, 5) is 30.8. The number of anilines is 1. The van der Waals surface area contributed by atoms with Crippen molar-refractivity contribution in [3.63, 3.8) is 0 Å². The number of amides is 1. The maximum atomic E-state index is 12.6. The minimum absolute atomic E-state index is 0.0782. The first-order valence-corrected chi connectivity index (χ1v) is 10.9. The number of aliphatic imine (C=N–C) groups is 1. The van der Waals surface area contributed by atoms with Crippen molar-refractivity contribution >= 4 is 33.4 Å². The van der Waals surface area contributed by atoms with Crippen LogP contribution in [0, 0.1) is 0 Å². The van der Waals surface area contributed by atoms with Gasteiger partial charge in [0.15, 0.2) is 6.61 Å². The van der Waals surface area contributed by atoms with Crippen LogP contribution in [0.25, 0.3) is 0 Å². The number of nitrogens with zero attached hydrogens (tertiary/aromatic N) is 2. The smallest absolute Gasteiger partial charge is 0.331 e. The van der Waals surface area contributed by atoms with Gasteiger partial charge in [-0.1, -0.05) is 30.3 Å². The van der Waals surface area contributed by atoms with E-state index in [9.17, 15) is 18.0 Å². The second-order valence-electron chi connectivity index (χ2n) is 7.06. The summed E-state index contributed by atoms with van der Waals surface area (Å²) in [7, 11) is -3.70. The van der Waals surface area contributed by atoms with Gasteiger partial charge in [-0.25, -0.2) is 13.2 Å². The fraction of sp³-hybridized carbons (Fsp3) is 0.286. The molecule has 0 spiro atoms. The van der Waals surface area contributed by atoms with Crippen LogP contribution in [0.5, 0.6) is 0 Å². The first-order valence-electron chi connectivity index (χ1n) is 9.44. The Hall–Kier alpha value is -3.20. The van der Waals surface area contributed by atoms with Gasteiger partial charge in [-0.2, -0.15) is 0 Å². The second-order valence-corrected chi connectivity index (χ2v) is 8.71. The first-order chi connectivity index (χ1) is 14.2. The van der Waals surface area contributed by atoms with Crippen LogP contribution < -0.4 is 9.62 Å². The Labute approximate surface area is 175 Å². The molecule has 0 saturated heterocycles. The molecule has 0 aromatic heterocycles. The maximum Gasteiger partial charge on any atom is 0.331 e. The number of sulfonamides is 1. The third-order valence-electron chi connectivity index (χ3n) is 4.48. The molecule has 0 radical (unpaired) electrons. The summed E-state index contributed by atoms with van der Waals surface area (Å²) in [6.45, 7) is 4.77. The average Bonchev–Trinajstić information content (AvgIpc) is 2.97. The highest BCUT2D eigenvalue weighted by Gasteiger charge is 2.31. The van der Waals surface area contributed by atoms with Gasteiger partial charge in [-0.3, -0.25) is 14.5 Å². The number of hydrogen-bond acceptors (Lipinski definition) is 6. The Balaban J connectivity index is 1.68. The van der Waals surface area contributed by atoms with E-state index in [0.717, 1.165) is 0 Å². The summed E-state index contributed by atoms with van der Waals surface area (Å²) in [5.74, 6) is -1.01. The van der Waals surface area contributed by atoms with Gasteiger partial charge >= 0.3 is 5.97 Å². The molecule has 2 aromatic rings. The van der Waals surface area contributed by atoms with Crippen molar-refractivity contribution in [2.75, 3.05) is 11.5 Å². The Morgan fingerprint density at radius 2 is 1.67 bits per heavy atom. The second kappa shape index (κ2) is 8.66. The third-order valence-corrected chi connectivity index (χ3v) is 5.88. The number of ether oxygens (including phenoxy) is 1. The SMILES string of the molecule is CC(C)N(C(=O)COC(=O)[C@@H](C)N=C1NS(=O)(=O)c2ccccc21)c1ccccc1. The highest BCUT2D eigenvalue weighted by molar-refractivity contribution is 7.90. The van der Waals surface area contributed by atoms with E-state index in [1.165, 1.54) is 13.0 Å². The molecule has 1 N–H and O–H groups in total. The van der Waals surface area contributed by atoms with Crippen molar-refractivity contribution in [3.05, 3.63) is 60.2 Å². The highest BCUT2D eigenvalue weighted by atomic mass is 32.2. The normalized spacial score (nSPS) is 16.6. The van der Waals surface area contributed by atoms with E-state index < -0.39 is 28.6 Å². The zero-order valence-electron chi connectivity index (χ0n) is 16.9. The molecule has 9 heteroatoms. The zero-order chi connectivity index (χ0) is 21.9. The number of para-hydroxylation sites is 1. The minimum atomic E-state index is -3.70. The van der Waals surface area contributed by atoms with Crippen LogP contribution in [0.2, 0.25) is 0 Å². The van der Waals surface area contributed by atoms with Crippen molar-refractivity contribution in [2.24, 2.45) is 4.99 Å². The lowest BCUT2D eigenvalue weighted by Crippen LogP contribution is -2.40. The van der Waals surface area contributed by atoms with E-state index in [1.54, 1.807) is 35.2 Å². The maximum absolute atomic E-state index is 12.6. The van der Waals surface area contributed by atoms with E-state index in [-0.39, 0.29) is 22.7 Å². The van der Waals surface area contributed by atoms with Crippen LogP contribution >= 0.6 is 0 Å². The Morgan fingerprint density at radius 3 is 2.33 bits per heavy atom. The topological polar surface area (TPSA) is 105 Å². The molecule has 1 heterocycles. The Morgan fingerprint density at radius 1 is 1.03 bits per heavy atom. The molecule has 158 valence electrons. The summed E-state index contributed by atoms with van der Waals surface area (Å²) in [5, 5.41) is 0. The summed E-state index contributed by atoms with van der Waals surface area (Å²) < 4.78 is 31.8. The summed E-state index contributed by atoms with van der Waals surface area (Å²) >= 11 is 0. The summed E-state index contributed by atoms with van der Waals surface area (Å²) in [6.07, 6.45) is 0. The standard InChI is InChI=1S/C21H23N3O5S/c1-14(2)24(16-9-5-4-6-10-16)19(25)13-29-21(26)15(3)22-20-17-11-7-8-12-18(17)30(27,28)23-20/h4-12,14-15H,13H2,1-3H3,(H,22,23)/t15-/m1/s1. The highest BCUT2D eigenvalue weighted by Crippen LogP contribution is 2.22. The molecule has 8 nitrogen and oxygen atoms in total. The van der Waals surface area contributed by atoms with Gasteiger partial charge in [0.25, 0.3) is 15.9 Å². The lowest BCUT2D eigenvalue weighted by atomic mass is 10.2. The molecular weight excluding hydrogens is 406 g/mol. The lowest BCUT2D eigenvalue weighted by molar-refractivity contribution is -0.148. The molecule has 1 atom stereocenters. The number of benzene rings is 2. The number of carbonyl (C=O) groups is 2. The predicted molar refractivity (Wildman–Crippen MR) is 113 cm³/mol. The fourth-order valence-corrected chi connectivity index (χ4v) is 4.36. The summed E-state index contributed by atoms with van der Waals surface area (Å²) in [5.41, 5.74) is 1.10. The number of rotatable bonds is 6. The van der Waals surface area contributed by atoms with E-state index in [1.807, 2.05) is 32.0 Å². The van der Waals surface area contributed by atoms with Crippen molar-refractivity contribution in [3.8, 4) is 0 Å². The number of esters is 1. The molecule has 1 aliphatic heterocycles. The van der Waals surface area contributed by atoms with Gasteiger partial charge in [0.1, 0.15) is 11.9 Å².